The smallest absolute Gasteiger partial charge is 0.308 e. The molecule has 4 nitrogen and oxygen atoms in total. The van der Waals surface area contributed by atoms with E-state index in [0.717, 1.165) is 5.56 Å². The van der Waals surface area contributed by atoms with Gasteiger partial charge in [-0.1, -0.05) is 42.5 Å². The van der Waals surface area contributed by atoms with E-state index in [1.807, 2.05) is 56.3 Å². The van der Waals surface area contributed by atoms with E-state index in [0.29, 0.717) is 13.0 Å². The summed E-state index contributed by atoms with van der Waals surface area (Å²) in [5.74, 6) is -0.933. The fourth-order valence-corrected chi connectivity index (χ4v) is 2.58. The van der Waals surface area contributed by atoms with Crippen LogP contribution in [0.25, 0.3) is 6.08 Å². The molecule has 0 spiro atoms. The molecule has 1 heterocycles. The van der Waals surface area contributed by atoms with Gasteiger partial charge in [-0.15, -0.1) is 0 Å². The SMILES string of the molecule is CCOC(=O)C[C@@H]1C[C@@H](/C=C/c2ccccc2)OC(C)(C)O1. The number of carbonyl (C=O) groups is 1. The molecular formula is C18H24O4. The molecule has 0 radical (unpaired) electrons. The summed E-state index contributed by atoms with van der Waals surface area (Å²) in [4.78, 5) is 11.6. The summed E-state index contributed by atoms with van der Waals surface area (Å²) in [6.45, 7) is 5.93. The third kappa shape index (κ3) is 5.28. The second-order valence-electron chi connectivity index (χ2n) is 5.81. The van der Waals surface area contributed by atoms with Crippen LogP contribution >= 0.6 is 0 Å². The van der Waals surface area contributed by atoms with Crippen molar-refractivity contribution in [1.82, 2.24) is 0 Å². The second-order valence-corrected chi connectivity index (χ2v) is 5.81. The Balaban J connectivity index is 1.99. The van der Waals surface area contributed by atoms with Gasteiger partial charge in [-0.3, -0.25) is 4.79 Å². The van der Waals surface area contributed by atoms with Crippen molar-refractivity contribution in [2.24, 2.45) is 0 Å². The molecule has 0 N–H and O–H groups in total. The Labute approximate surface area is 132 Å². The van der Waals surface area contributed by atoms with Gasteiger partial charge in [0.15, 0.2) is 5.79 Å². The minimum atomic E-state index is -0.707. The highest BCUT2D eigenvalue weighted by Gasteiger charge is 2.35. The van der Waals surface area contributed by atoms with Gasteiger partial charge in [-0.2, -0.15) is 0 Å². The van der Waals surface area contributed by atoms with Crippen molar-refractivity contribution in [2.45, 2.75) is 51.6 Å². The van der Waals surface area contributed by atoms with Crippen LogP contribution in [-0.2, 0) is 19.0 Å². The number of esters is 1. The zero-order chi connectivity index (χ0) is 16.0. The summed E-state index contributed by atoms with van der Waals surface area (Å²) in [7, 11) is 0. The molecule has 22 heavy (non-hydrogen) atoms. The maximum atomic E-state index is 11.6. The van der Waals surface area contributed by atoms with Gasteiger partial charge in [-0.25, -0.2) is 0 Å². The van der Waals surface area contributed by atoms with E-state index in [4.69, 9.17) is 14.2 Å². The zero-order valence-electron chi connectivity index (χ0n) is 13.5. The lowest BCUT2D eigenvalue weighted by Crippen LogP contribution is -2.44. The first kappa shape index (κ1) is 16.7. The van der Waals surface area contributed by atoms with Crippen molar-refractivity contribution in [2.75, 3.05) is 6.61 Å². The molecule has 0 saturated carbocycles. The van der Waals surface area contributed by atoms with Gasteiger partial charge >= 0.3 is 5.97 Å². The van der Waals surface area contributed by atoms with Crippen molar-refractivity contribution in [3.63, 3.8) is 0 Å². The summed E-state index contributed by atoms with van der Waals surface area (Å²) < 4.78 is 16.7. The molecule has 0 aromatic heterocycles. The number of ether oxygens (including phenoxy) is 3. The summed E-state index contributed by atoms with van der Waals surface area (Å²) in [6.07, 6.45) is 4.70. The van der Waals surface area contributed by atoms with Gasteiger partial charge in [0, 0.05) is 6.42 Å². The van der Waals surface area contributed by atoms with Crippen molar-refractivity contribution >= 4 is 12.0 Å². The van der Waals surface area contributed by atoms with Crippen LogP contribution in [0.1, 0.15) is 39.2 Å². The number of rotatable bonds is 5. The fourth-order valence-electron chi connectivity index (χ4n) is 2.58. The van der Waals surface area contributed by atoms with Crippen LogP contribution in [0.5, 0.6) is 0 Å². The quantitative estimate of drug-likeness (QED) is 0.780. The van der Waals surface area contributed by atoms with Crippen molar-refractivity contribution in [3.05, 3.63) is 42.0 Å². The molecule has 0 amide bonds. The van der Waals surface area contributed by atoms with Crippen molar-refractivity contribution in [1.29, 1.82) is 0 Å². The average molecular weight is 304 g/mol. The highest BCUT2D eigenvalue weighted by Crippen LogP contribution is 2.29. The predicted molar refractivity (Wildman–Crippen MR) is 85.2 cm³/mol. The lowest BCUT2D eigenvalue weighted by atomic mass is 10.0. The van der Waals surface area contributed by atoms with E-state index in [2.05, 4.69) is 0 Å². The second kappa shape index (κ2) is 7.56. The van der Waals surface area contributed by atoms with Gasteiger partial charge in [0.2, 0.25) is 0 Å². The Morgan fingerprint density at radius 1 is 1.32 bits per heavy atom. The van der Waals surface area contributed by atoms with E-state index in [1.54, 1.807) is 6.92 Å². The number of hydrogen-bond donors (Lipinski definition) is 0. The standard InChI is InChI=1S/C18H24O4/c1-4-20-17(19)13-16-12-15(21-18(2,3)22-16)11-10-14-8-6-5-7-9-14/h5-11,15-16H,4,12-13H2,1-3H3/b11-10+/t15-,16+/m1/s1. The molecule has 1 fully saturated rings. The summed E-state index contributed by atoms with van der Waals surface area (Å²) >= 11 is 0. The first-order valence-electron chi connectivity index (χ1n) is 7.73. The Morgan fingerprint density at radius 3 is 2.73 bits per heavy atom. The van der Waals surface area contributed by atoms with E-state index < -0.39 is 5.79 Å². The predicted octanol–water partition coefficient (Wildman–Crippen LogP) is 3.56. The van der Waals surface area contributed by atoms with Gasteiger partial charge < -0.3 is 14.2 Å². The molecule has 1 aromatic rings. The van der Waals surface area contributed by atoms with Gasteiger partial charge in [0.1, 0.15) is 0 Å². The van der Waals surface area contributed by atoms with Crippen molar-refractivity contribution in [3.8, 4) is 0 Å². The molecular weight excluding hydrogens is 280 g/mol. The van der Waals surface area contributed by atoms with E-state index in [-0.39, 0.29) is 24.6 Å². The van der Waals surface area contributed by atoms with Crippen LogP contribution in [0, 0.1) is 0 Å². The van der Waals surface area contributed by atoms with Gasteiger partial charge in [-0.05, 0) is 26.3 Å². The Morgan fingerprint density at radius 2 is 2.05 bits per heavy atom. The highest BCUT2D eigenvalue weighted by molar-refractivity contribution is 5.70. The average Bonchev–Trinajstić information content (AvgIpc) is 2.45. The summed E-state index contributed by atoms with van der Waals surface area (Å²) in [5, 5.41) is 0. The normalized spacial score (nSPS) is 24.3. The van der Waals surface area contributed by atoms with E-state index >= 15 is 0 Å². The highest BCUT2D eigenvalue weighted by atomic mass is 16.7. The Kier molecular flexibility index (Phi) is 5.75. The lowest BCUT2D eigenvalue weighted by molar-refractivity contribution is -0.290. The monoisotopic (exact) mass is 304 g/mol. The Hall–Kier alpha value is -1.65. The molecule has 2 atom stereocenters. The molecule has 1 saturated heterocycles. The minimum absolute atomic E-state index is 0.0802. The molecule has 0 aliphatic carbocycles. The van der Waals surface area contributed by atoms with Crippen molar-refractivity contribution < 1.29 is 19.0 Å². The maximum Gasteiger partial charge on any atom is 0.308 e. The zero-order valence-corrected chi connectivity index (χ0v) is 13.5. The Bertz CT molecular complexity index is 507. The largest absolute Gasteiger partial charge is 0.466 e. The molecule has 0 bridgehead atoms. The van der Waals surface area contributed by atoms with E-state index in [9.17, 15) is 4.79 Å². The third-order valence-electron chi connectivity index (χ3n) is 3.38. The van der Waals surface area contributed by atoms with Crippen LogP contribution < -0.4 is 0 Å². The topological polar surface area (TPSA) is 44.8 Å². The molecule has 1 aliphatic rings. The van der Waals surface area contributed by atoms with Crippen LogP contribution in [0.3, 0.4) is 0 Å². The first-order valence-corrected chi connectivity index (χ1v) is 7.73. The molecule has 1 aliphatic heterocycles. The van der Waals surface area contributed by atoms with Gasteiger partial charge in [0.05, 0.1) is 25.2 Å². The molecule has 120 valence electrons. The van der Waals surface area contributed by atoms with Crippen LogP contribution in [0.2, 0.25) is 0 Å². The molecule has 0 unspecified atom stereocenters. The minimum Gasteiger partial charge on any atom is -0.466 e. The van der Waals surface area contributed by atoms with Gasteiger partial charge in [0.25, 0.3) is 0 Å². The first-order chi connectivity index (χ1) is 10.5. The molecule has 1 aromatic carbocycles. The van der Waals surface area contributed by atoms with Crippen LogP contribution in [0.15, 0.2) is 36.4 Å². The number of hydrogen-bond acceptors (Lipinski definition) is 4. The summed E-state index contributed by atoms with van der Waals surface area (Å²) in [6, 6.07) is 10.1. The molecule has 2 rings (SSSR count). The third-order valence-corrected chi connectivity index (χ3v) is 3.38. The number of benzene rings is 1. The fraction of sp³-hybridized carbons (Fsp3) is 0.500. The summed E-state index contributed by atoms with van der Waals surface area (Å²) in [5.41, 5.74) is 1.12. The van der Waals surface area contributed by atoms with E-state index in [1.165, 1.54) is 0 Å². The molecule has 4 heteroatoms. The maximum absolute atomic E-state index is 11.6. The number of carbonyl (C=O) groups excluding carboxylic acids is 1. The lowest BCUT2D eigenvalue weighted by Gasteiger charge is -2.39. The van der Waals surface area contributed by atoms with Crippen LogP contribution in [-0.4, -0.2) is 30.6 Å². The van der Waals surface area contributed by atoms with Crippen LogP contribution in [0.4, 0.5) is 0 Å².